The van der Waals surface area contributed by atoms with Gasteiger partial charge in [-0.2, -0.15) is 0 Å². The van der Waals surface area contributed by atoms with E-state index >= 15 is 0 Å². The van der Waals surface area contributed by atoms with Gasteiger partial charge in [-0.05, 0) is 31.2 Å². The molecule has 1 aromatic heterocycles. The monoisotopic (exact) mass is 294 g/mol. The van der Waals surface area contributed by atoms with E-state index in [0.29, 0.717) is 12.1 Å². The van der Waals surface area contributed by atoms with Crippen LogP contribution in [0, 0.1) is 12.7 Å². The Balaban J connectivity index is 2.04. The van der Waals surface area contributed by atoms with Crippen LogP contribution in [-0.2, 0) is 6.54 Å². The number of aromatic nitrogens is 1. The van der Waals surface area contributed by atoms with Gasteiger partial charge in [-0.3, -0.25) is 4.98 Å². The van der Waals surface area contributed by atoms with Gasteiger partial charge in [0.2, 0.25) is 0 Å². The fourth-order valence-electron chi connectivity index (χ4n) is 1.43. The van der Waals surface area contributed by atoms with Gasteiger partial charge in [0.15, 0.2) is 0 Å². The minimum absolute atomic E-state index is 0.216. The van der Waals surface area contributed by atoms with Gasteiger partial charge in [-0.25, -0.2) is 4.39 Å². The number of benzene rings is 1. The molecule has 0 aliphatic carbocycles. The topological polar surface area (TPSA) is 24.9 Å². The molecule has 0 unspecified atom stereocenters. The maximum Gasteiger partial charge on any atom is 0.129 e. The van der Waals surface area contributed by atoms with Crippen LogP contribution in [0.1, 0.15) is 11.3 Å². The van der Waals surface area contributed by atoms with Crippen LogP contribution < -0.4 is 5.32 Å². The molecule has 1 N–H and O–H groups in total. The van der Waals surface area contributed by atoms with E-state index in [9.17, 15) is 4.39 Å². The number of pyridine rings is 1. The minimum atomic E-state index is -0.216. The van der Waals surface area contributed by atoms with Crippen molar-refractivity contribution in [1.29, 1.82) is 0 Å². The van der Waals surface area contributed by atoms with Crippen molar-refractivity contribution in [3.63, 3.8) is 0 Å². The zero-order valence-electron chi connectivity index (χ0n) is 9.37. The van der Waals surface area contributed by atoms with Crippen LogP contribution >= 0.6 is 15.9 Å². The summed E-state index contributed by atoms with van der Waals surface area (Å²) in [5, 5.41) is 3.13. The molecule has 4 heteroatoms. The molecule has 0 amide bonds. The molecule has 1 heterocycles. The second kappa shape index (κ2) is 5.27. The first-order valence-electron chi connectivity index (χ1n) is 5.25. The van der Waals surface area contributed by atoms with Crippen molar-refractivity contribution in [3.05, 3.63) is 58.1 Å². The Morgan fingerprint density at radius 2 is 2.12 bits per heavy atom. The molecule has 0 spiro atoms. The van der Waals surface area contributed by atoms with Gasteiger partial charge >= 0.3 is 0 Å². The number of halogens is 2. The van der Waals surface area contributed by atoms with Gasteiger partial charge in [0, 0.05) is 22.3 Å². The molecule has 0 atom stereocenters. The standard InChI is InChI=1S/C13H12BrFN2/c1-9-2-5-12(8-16-9)17-7-10-3-4-11(14)6-13(10)15/h2-6,8,17H,7H2,1H3. The maximum absolute atomic E-state index is 13.5. The summed E-state index contributed by atoms with van der Waals surface area (Å²) in [7, 11) is 0. The first-order chi connectivity index (χ1) is 8.15. The Bertz CT molecular complexity index is 511. The van der Waals surface area contributed by atoms with E-state index in [1.165, 1.54) is 6.07 Å². The van der Waals surface area contributed by atoms with Crippen molar-refractivity contribution in [2.45, 2.75) is 13.5 Å². The first kappa shape index (κ1) is 12.0. The smallest absolute Gasteiger partial charge is 0.129 e. The lowest BCUT2D eigenvalue weighted by Gasteiger charge is -2.07. The molecule has 2 rings (SSSR count). The van der Waals surface area contributed by atoms with Crippen LogP contribution in [0.3, 0.4) is 0 Å². The molecule has 2 aromatic rings. The summed E-state index contributed by atoms with van der Waals surface area (Å²) in [4.78, 5) is 4.16. The number of aryl methyl sites for hydroxylation is 1. The van der Waals surface area contributed by atoms with Crippen molar-refractivity contribution in [3.8, 4) is 0 Å². The predicted molar refractivity (Wildman–Crippen MR) is 70.4 cm³/mol. The highest BCUT2D eigenvalue weighted by Gasteiger charge is 2.02. The maximum atomic E-state index is 13.5. The Hall–Kier alpha value is -1.42. The van der Waals surface area contributed by atoms with Crippen LogP contribution in [0.5, 0.6) is 0 Å². The van der Waals surface area contributed by atoms with E-state index in [4.69, 9.17) is 0 Å². The third-order valence-corrected chi connectivity index (χ3v) is 2.90. The average molecular weight is 295 g/mol. The normalized spacial score (nSPS) is 10.3. The molecule has 0 aliphatic heterocycles. The molecule has 0 bridgehead atoms. The second-order valence-corrected chi connectivity index (χ2v) is 4.69. The third-order valence-electron chi connectivity index (χ3n) is 2.41. The zero-order valence-corrected chi connectivity index (χ0v) is 11.0. The zero-order chi connectivity index (χ0) is 12.3. The molecule has 0 aliphatic rings. The molecular weight excluding hydrogens is 283 g/mol. The van der Waals surface area contributed by atoms with E-state index in [2.05, 4.69) is 26.2 Å². The highest BCUT2D eigenvalue weighted by Crippen LogP contribution is 2.16. The van der Waals surface area contributed by atoms with Gasteiger partial charge in [-0.15, -0.1) is 0 Å². The molecule has 2 nitrogen and oxygen atoms in total. The van der Waals surface area contributed by atoms with Crippen molar-refractivity contribution in [2.75, 3.05) is 5.32 Å². The molecule has 0 saturated carbocycles. The Kier molecular flexibility index (Phi) is 3.74. The lowest BCUT2D eigenvalue weighted by atomic mass is 10.2. The molecule has 0 radical (unpaired) electrons. The molecular formula is C13H12BrFN2. The molecule has 17 heavy (non-hydrogen) atoms. The number of hydrogen-bond donors (Lipinski definition) is 1. The van der Waals surface area contributed by atoms with E-state index in [1.807, 2.05) is 25.1 Å². The van der Waals surface area contributed by atoms with E-state index in [-0.39, 0.29) is 5.82 Å². The largest absolute Gasteiger partial charge is 0.380 e. The highest BCUT2D eigenvalue weighted by molar-refractivity contribution is 9.10. The summed E-state index contributed by atoms with van der Waals surface area (Å²) >= 11 is 3.23. The summed E-state index contributed by atoms with van der Waals surface area (Å²) in [6, 6.07) is 8.89. The van der Waals surface area contributed by atoms with Gasteiger partial charge in [-0.1, -0.05) is 22.0 Å². The molecule has 1 aromatic carbocycles. The number of anilines is 1. The van der Waals surface area contributed by atoms with E-state index < -0.39 is 0 Å². The Morgan fingerprint density at radius 3 is 2.76 bits per heavy atom. The summed E-state index contributed by atoms with van der Waals surface area (Å²) in [5.74, 6) is -0.216. The molecule has 0 saturated heterocycles. The summed E-state index contributed by atoms with van der Waals surface area (Å²) in [6.45, 7) is 2.38. The SMILES string of the molecule is Cc1ccc(NCc2ccc(Br)cc2F)cn1. The van der Waals surface area contributed by atoms with Crippen molar-refractivity contribution in [2.24, 2.45) is 0 Å². The quantitative estimate of drug-likeness (QED) is 0.928. The Morgan fingerprint density at radius 1 is 1.29 bits per heavy atom. The van der Waals surface area contributed by atoms with Crippen LogP contribution in [0.15, 0.2) is 41.0 Å². The fraction of sp³-hybridized carbons (Fsp3) is 0.154. The fourth-order valence-corrected chi connectivity index (χ4v) is 1.77. The molecule has 0 fully saturated rings. The highest BCUT2D eigenvalue weighted by atomic mass is 79.9. The van der Waals surface area contributed by atoms with Crippen molar-refractivity contribution >= 4 is 21.6 Å². The van der Waals surface area contributed by atoms with Gasteiger partial charge in [0.05, 0.1) is 11.9 Å². The second-order valence-electron chi connectivity index (χ2n) is 3.78. The number of nitrogens with one attached hydrogen (secondary N) is 1. The van der Waals surface area contributed by atoms with E-state index in [0.717, 1.165) is 15.9 Å². The van der Waals surface area contributed by atoms with Gasteiger partial charge in [0.1, 0.15) is 5.82 Å². The van der Waals surface area contributed by atoms with Crippen LogP contribution in [0.4, 0.5) is 10.1 Å². The van der Waals surface area contributed by atoms with Crippen molar-refractivity contribution < 1.29 is 4.39 Å². The summed E-state index contributed by atoms with van der Waals surface area (Å²) in [6.07, 6.45) is 1.74. The first-order valence-corrected chi connectivity index (χ1v) is 6.05. The van der Waals surface area contributed by atoms with Crippen molar-refractivity contribution in [1.82, 2.24) is 4.98 Å². The van der Waals surface area contributed by atoms with Crippen LogP contribution in [0.2, 0.25) is 0 Å². The average Bonchev–Trinajstić information content (AvgIpc) is 2.30. The number of hydrogen-bond acceptors (Lipinski definition) is 2. The molecule has 88 valence electrons. The number of nitrogens with zero attached hydrogens (tertiary/aromatic N) is 1. The van der Waals surface area contributed by atoms with Crippen LogP contribution in [0.25, 0.3) is 0 Å². The lowest BCUT2D eigenvalue weighted by molar-refractivity contribution is 0.612. The predicted octanol–water partition coefficient (Wildman–Crippen LogP) is 3.90. The third kappa shape index (κ3) is 3.27. The lowest BCUT2D eigenvalue weighted by Crippen LogP contribution is -2.02. The van der Waals surface area contributed by atoms with Gasteiger partial charge < -0.3 is 5.32 Å². The minimum Gasteiger partial charge on any atom is -0.380 e. The summed E-state index contributed by atoms with van der Waals surface area (Å²) < 4.78 is 14.3. The number of rotatable bonds is 3. The Labute approximate surface area is 108 Å². The summed E-state index contributed by atoms with van der Waals surface area (Å²) in [5.41, 5.74) is 2.48. The van der Waals surface area contributed by atoms with E-state index in [1.54, 1.807) is 12.3 Å². The van der Waals surface area contributed by atoms with Crippen LogP contribution in [-0.4, -0.2) is 4.98 Å². The van der Waals surface area contributed by atoms with Gasteiger partial charge in [0.25, 0.3) is 0 Å².